The minimum atomic E-state index is 0.768. The van der Waals surface area contributed by atoms with Crippen molar-refractivity contribution in [3.63, 3.8) is 0 Å². The Morgan fingerprint density at radius 1 is 1.45 bits per heavy atom. The molecular formula is C9H16BrN. The summed E-state index contributed by atoms with van der Waals surface area (Å²) in [6, 6.07) is 0. The third-order valence-electron chi connectivity index (χ3n) is 2.12. The van der Waals surface area contributed by atoms with Gasteiger partial charge >= 0.3 is 0 Å². The highest BCUT2D eigenvalue weighted by Gasteiger charge is 2.14. The van der Waals surface area contributed by atoms with Crippen LogP contribution in [0.1, 0.15) is 19.8 Å². The summed E-state index contributed by atoms with van der Waals surface area (Å²) in [5.74, 6) is 0. The number of nitrogens with zero attached hydrogens (tertiary/aromatic N) is 1. The molecular weight excluding hydrogens is 202 g/mol. The van der Waals surface area contributed by atoms with Crippen LogP contribution in [-0.4, -0.2) is 29.4 Å². The van der Waals surface area contributed by atoms with Gasteiger partial charge in [-0.1, -0.05) is 28.1 Å². The molecule has 0 amide bonds. The summed E-state index contributed by atoms with van der Waals surface area (Å²) >= 11 is 3.64. The fourth-order valence-corrected chi connectivity index (χ4v) is 1.75. The smallest absolute Gasteiger partial charge is 0.0170 e. The number of hydrogen-bond donors (Lipinski definition) is 0. The zero-order valence-corrected chi connectivity index (χ0v) is 8.68. The fraction of sp³-hybridized carbons (Fsp3) is 0.778. The summed E-state index contributed by atoms with van der Waals surface area (Å²) in [6.07, 6.45) is 6.96. The van der Waals surface area contributed by atoms with Crippen LogP contribution in [-0.2, 0) is 0 Å². The van der Waals surface area contributed by atoms with Crippen molar-refractivity contribution in [3.8, 4) is 0 Å². The van der Waals surface area contributed by atoms with Crippen LogP contribution in [0.25, 0.3) is 0 Å². The number of alkyl halides is 1. The summed E-state index contributed by atoms with van der Waals surface area (Å²) in [5, 5.41) is 0. The van der Waals surface area contributed by atoms with Crippen LogP contribution in [0.5, 0.6) is 0 Å². The van der Waals surface area contributed by atoms with E-state index in [4.69, 9.17) is 0 Å². The van der Waals surface area contributed by atoms with Crippen molar-refractivity contribution < 1.29 is 0 Å². The first-order chi connectivity index (χ1) is 5.33. The lowest BCUT2D eigenvalue weighted by molar-refractivity contribution is 0.257. The molecule has 1 nitrogen and oxygen atoms in total. The number of hydrogen-bond acceptors (Lipinski definition) is 1. The molecule has 0 saturated carbocycles. The summed E-state index contributed by atoms with van der Waals surface area (Å²) < 4.78 is 0. The van der Waals surface area contributed by atoms with E-state index in [2.05, 4.69) is 39.9 Å². The van der Waals surface area contributed by atoms with E-state index in [0.717, 1.165) is 11.4 Å². The molecule has 1 heterocycles. The van der Waals surface area contributed by atoms with Crippen molar-refractivity contribution in [2.75, 3.05) is 19.6 Å². The second-order valence-electron chi connectivity index (χ2n) is 3.04. The van der Waals surface area contributed by atoms with Crippen molar-refractivity contribution in [1.29, 1.82) is 0 Å². The molecule has 0 N–H and O–H groups in total. The Morgan fingerprint density at radius 2 is 2.09 bits per heavy atom. The van der Waals surface area contributed by atoms with Crippen LogP contribution in [0, 0.1) is 0 Å². The Kier molecular flexibility index (Phi) is 4.16. The predicted molar refractivity (Wildman–Crippen MR) is 53.2 cm³/mol. The van der Waals surface area contributed by atoms with Crippen LogP contribution >= 0.6 is 15.9 Å². The normalized spacial score (nSPS) is 23.1. The quantitative estimate of drug-likeness (QED) is 0.508. The van der Waals surface area contributed by atoms with Crippen LogP contribution in [0.15, 0.2) is 12.2 Å². The van der Waals surface area contributed by atoms with E-state index in [-0.39, 0.29) is 0 Å². The van der Waals surface area contributed by atoms with Crippen molar-refractivity contribution in [2.45, 2.75) is 24.6 Å². The van der Waals surface area contributed by atoms with E-state index in [1.165, 1.54) is 25.9 Å². The average Bonchev–Trinajstić information content (AvgIpc) is 2.04. The maximum atomic E-state index is 3.64. The number of likely N-dealkylation sites (tertiary alicyclic amines) is 1. The first-order valence-electron chi connectivity index (χ1n) is 4.30. The Labute approximate surface area is 77.6 Å². The Morgan fingerprint density at radius 3 is 2.64 bits per heavy atom. The Bertz CT molecular complexity index is 126. The molecule has 2 heteroatoms. The lowest BCUT2D eigenvalue weighted by Gasteiger charge is -2.28. The van der Waals surface area contributed by atoms with Gasteiger partial charge in [0.2, 0.25) is 0 Å². The van der Waals surface area contributed by atoms with E-state index in [1.807, 2.05) is 0 Å². The predicted octanol–water partition coefficient (Wildman–Crippen LogP) is 2.42. The first kappa shape index (κ1) is 9.27. The van der Waals surface area contributed by atoms with Gasteiger partial charge in [-0.25, -0.2) is 0 Å². The highest BCUT2D eigenvalue weighted by atomic mass is 79.9. The summed E-state index contributed by atoms with van der Waals surface area (Å²) in [7, 11) is 0. The highest BCUT2D eigenvalue weighted by molar-refractivity contribution is 9.09. The molecule has 1 fully saturated rings. The molecule has 0 aromatic rings. The van der Waals surface area contributed by atoms with Gasteiger partial charge in [-0.2, -0.15) is 0 Å². The minimum absolute atomic E-state index is 0.768. The molecule has 64 valence electrons. The van der Waals surface area contributed by atoms with Gasteiger partial charge in [0.1, 0.15) is 0 Å². The lowest BCUT2D eigenvalue weighted by Crippen LogP contribution is -2.33. The lowest BCUT2D eigenvalue weighted by atomic mass is 10.1. The molecule has 11 heavy (non-hydrogen) atoms. The van der Waals surface area contributed by atoms with Gasteiger partial charge in [-0.15, -0.1) is 0 Å². The van der Waals surface area contributed by atoms with Crippen molar-refractivity contribution in [1.82, 2.24) is 4.90 Å². The standard InChI is InChI=1S/C9H16BrN/c1-2-3-6-11-7-4-9(10)5-8-11/h2-3,9H,4-8H2,1H3/b3-2+. The largest absolute Gasteiger partial charge is 0.300 e. The molecule has 1 aliphatic heterocycles. The summed E-state index contributed by atoms with van der Waals surface area (Å²) in [5.41, 5.74) is 0. The molecule has 0 aromatic heterocycles. The molecule has 1 saturated heterocycles. The van der Waals surface area contributed by atoms with E-state index in [0.29, 0.717) is 0 Å². The second kappa shape index (κ2) is 4.94. The number of allylic oxidation sites excluding steroid dienone is 1. The first-order valence-corrected chi connectivity index (χ1v) is 5.22. The highest BCUT2D eigenvalue weighted by Crippen LogP contribution is 2.16. The Hall–Kier alpha value is 0.180. The minimum Gasteiger partial charge on any atom is -0.300 e. The topological polar surface area (TPSA) is 3.24 Å². The molecule has 0 unspecified atom stereocenters. The number of rotatable bonds is 2. The van der Waals surface area contributed by atoms with Crippen LogP contribution in [0.3, 0.4) is 0 Å². The third-order valence-corrected chi connectivity index (χ3v) is 3.03. The number of piperidine rings is 1. The van der Waals surface area contributed by atoms with Gasteiger partial charge in [0.05, 0.1) is 0 Å². The van der Waals surface area contributed by atoms with Gasteiger partial charge in [-0.3, -0.25) is 4.90 Å². The SMILES string of the molecule is C/C=C/CN1CCC(Br)CC1. The summed E-state index contributed by atoms with van der Waals surface area (Å²) in [4.78, 5) is 3.27. The molecule has 0 aromatic carbocycles. The van der Waals surface area contributed by atoms with E-state index < -0.39 is 0 Å². The third kappa shape index (κ3) is 3.39. The molecule has 0 radical (unpaired) electrons. The van der Waals surface area contributed by atoms with E-state index in [1.54, 1.807) is 0 Å². The Balaban J connectivity index is 2.17. The number of halogens is 1. The molecule has 0 spiro atoms. The summed E-state index contributed by atoms with van der Waals surface area (Å²) in [6.45, 7) is 5.72. The maximum absolute atomic E-state index is 3.64. The van der Waals surface area contributed by atoms with Crippen molar-refractivity contribution in [2.24, 2.45) is 0 Å². The van der Waals surface area contributed by atoms with Gasteiger partial charge in [0, 0.05) is 11.4 Å². The molecule has 0 aliphatic carbocycles. The monoisotopic (exact) mass is 217 g/mol. The van der Waals surface area contributed by atoms with Crippen LogP contribution < -0.4 is 0 Å². The van der Waals surface area contributed by atoms with Gasteiger partial charge in [0.25, 0.3) is 0 Å². The van der Waals surface area contributed by atoms with Crippen molar-refractivity contribution >= 4 is 15.9 Å². The van der Waals surface area contributed by atoms with Crippen LogP contribution in [0.2, 0.25) is 0 Å². The van der Waals surface area contributed by atoms with E-state index in [9.17, 15) is 0 Å². The maximum Gasteiger partial charge on any atom is 0.0170 e. The van der Waals surface area contributed by atoms with Gasteiger partial charge < -0.3 is 0 Å². The van der Waals surface area contributed by atoms with Crippen LogP contribution in [0.4, 0.5) is 0 Å². The van der Waals surface area contributed by atoms with E-state index >= 15 is 0 Å². The van der Waals surface area contributed by atoms with Gasteiger partial charge in [0.15, 0.2) is 0 Å². The second-order valence-corrected chi connectivity index (χ2v) is 4.34. The van der Waals surface area contributed by atoms with Gasteiger partial charge in [-0.05, 0) is 32.9 Å². The zero-order valence-electron chi connectivity index (χ0n) is 7.09. The molecule has 0 bridgehead atoms. The molecule has 0 atom stereocenters. The molecule has 1 rings (SSSR count). The zero-order chi connectivity index (χ0) is 8.10. The molecule has 1 aliphatic rings. The fourth-order valence-electron chi connectivity index (χ4n) is 1.34. The average molecular weight is 218 g/mol. The van der Waals surface area contributed by atoms with Crippen molar-refractivity contribution in [3.05, 3.63) is 12.2 Å².